The summed E-state index contributed by atoms with van der Waals surface area (Å²) in [5.41, 5.74) is 7.99. The molecule has 0 bridgehead atoms. The predicted molar refractivity (Wildman–Crippen MR) is 61.4 cm³/mol. The van der Waals surface area contributed by atoms with Gasteiger partial charge in [-0.1, -0.05) is 6.07 Å². The number of hydrogen-bond acceptors (Lipinski definition) is 2. The van der Waals surface area contributed by atoms with Crippen LogP contribution in [0, 0.1) is 0 Å². The topological polar surface area (TPSA) is 58.9 Å². The van der Waals surface area contributed by atoms with E-state index in [2.05, 4.69) is 4.98 Å². The highest BCUT2D eigenvalue weighted by molar-refractivity contribution is 5.85. The van der Waals surface area contributed by atoms with Crippen molar-refractivity contribution in [2.75, 3.05) is 0 Å². The van der Waals surface area contributed by atoms with Gasteiger partial charge in [0.25, 0.3) is 0 Å². The molecule has 3 N–H and O–H groups in total. The molecule has 0 fully saturated rings. The van der Waals surface area contributed by atoms with E-state index in [4.69, 9.17) is 5.73 Å². The molecule has 80 valence electrons. The first-order chi connectivity index (χ1) is 5.77. The Morgan fingerprint density at radius 1 is 1.36 bits per heavy atom. The van der Waals surface area contributed by atoms with Crippen molar-refractivity contribution in [2.45, 2.75) is 25.3 Å². The predicted octanol–water partition coefficient (Wildman–Crippen LogP) is 1.55. The lowest BCUT2D eigenvalue weighted by Crippen LogP contribution is -2.21. The van der Waals surface area contributed by atoms with E-state index in [1.54, 1.807) is 6.07 Å². The fourth-order valence-electron chi connectivity index (χ4n) is 1.74. The van der Waals surface area contributed by atoms with E-state index < -0.39 is 0 Å². The van der Waals surface area contributed by atoms with E-state index in [1.165, 1.54) is 0 Å². The van der Waals surface area contributed by atoms with Crippen molar-refractivity contribution >= 4 is 24.8 Å². The number of aryl methyl sites for hydroxylation is 1. The van der Waals surface area contributed by atoms with Gasteiger partial charge in [-0.3, -0.25) is 4.79 Å². The molecular weight excluding hydrogens is 223 g/mol. The summed E-state index contributed by atoms with van der Waals surface area (Å²) in [5.74, 6) is 0. The second-order valence-corrected chi connectivity index (χ2v) is 3.26. The maximum absolute atomic E-state index is 11.0. The molecule has 1 heterocycles. The molecule has 1 atom stereocenters. The molecule has 0 saturated carbocycles. The molecular formula is C9H14Cl2N2O. The molecule has 1 aromatic rings. The average Bonchev–Trinajstić information content (AvgIpc) is 2.04. The Labute approximate surface area is 94.9 Å². The summed E-state index contributed by atoms with van der Waals surface area (Å²) in [6.45, 7) is 0. The van der Waals surface area contributed by atoms with Crippen molar-refractivity contribution in [3.05, 3.63) is 33.7 Å². The maximum atomic E-state index is 11.0. The van der Waals surface area contributed by atoms with Gasteiger partial charge in [0.05, 0.1) is 0 Å². The monoisotopic (exact) mass is 236 g/mol. The third kappa shape index (κ3) is 2.50. The fourth-order valence-corrected chi connectivity index (χ4v) is 1.74. The fraction of sp³-hybridized carbons (Fsp3) is 0.444. The Kier molecular flexibility index (Phi) is 5.19. The SMILES string of the molecule is Cl.Cl.NC1CCCc2[nH]c(=O)ccc21. The minimum Gasteiger partial charge on any atom is -0.326 e. The normalized spacial score (nSPS) is 18.8. The molecule has 0 amide bonds. The molecule has 0 radical (unpaired) electrons. The summed E-state index contributed by atoms with van der Waals surface area (Å²) in [6.07, 6.45) is 3.06. The molecule has 1 aliphatic rings. The van der Waals surface area contributed by atoms with Gasteiger partial charge in [-0.15, -0.1) is 24.8 Å². The van der Waals surface area contributed by atoms with E-state index >= 15 is 0 Å². The molecule has 2 rings (SSSR count). The number of aromatic amines is 1. The van der Waals surface area contributed by atoms with Crippen LogP contribution >= 0.6 is 24.8 Å². The summed E-state index contributed by atoms with van der Waals surface area (Å²) < 4.78 is 0. The quantitative estimate of drug-likeness (QED) is 0.719. The number of rotatable bonds is 0. The van der Waals surface area contributed by atoms with Crippen LogP contribution < -0.4 is 11.3 Å². The van der Waals surface area contributed by atoms with Crippen molar-refractivity contribution in [2.24, 2.45) is 5.73 Å². The van der Waals surface area contributed by atoms with Crippen molar-refractivity contribution in [3.8, 4) is 0 Å². The zero-order valence-corrected chi connectivity index (χ0v) is 9.29. The van der Waals surface area contributed by atoms with E-state index in [0.29, 0.717) is 0 Å². The van der Waals surface area contributed by atoms with Crippen LogP contribution in [-0.2, 0) is 6.42 Å². The smallest absolute Gasteiger partial charge is 0.248 e. The van der Waals surface area contributed by atoms with Crippen LogP contribution in [-0.4, -0.2) is 4.98 Å². The number of hydrogen-bond donors (Lipinski definition) is 2. The van der Waals surface area contributed by atoms with Crippen molar-refractivity contribution in [1.82, 2.24) is 4.98 Å². The van der Waals surface area contributed by atoms with Gasteiger partial charge in [-0.25, -0.2) is 0 Å². The summed E-state index contributed by atoms with van der Waals surface area (Å²) in [5, 5.41) is 0. The highest BCUT2D eigenvalue weighted by Crippen LogP contribution is 2.24. The first kappa shape index (κ1) is 13.5. The van der Waals surface area contributed by atoms with Gasteiger partial charge in [-0.05, 0) is 24.8 Å². The van der Waals surface area contributed by atoms with Crippen LogP contribution in [0.25, 0.3) is 0 Å². The number of nitrogens with two attached hydrogens (primary N) is 1. The Morgan fingerprint density at radius 2 is 2.07 bits per heavy atom. The van der Waals surface area contributed by atoms with Gasteiger partial charge in [0.15, 0.2) is 0 Å². The van der Waals surface area contributed by atoms with Crippen molar-refractivity contribution in [1.29, 1.82) is 0 Å². The van der Waals surface area contributed by atoms with Crippen LogP contribution in [0.4, 0.5) is 0 Å². The van der Waals surface area contributed by atoms with Gasteiger partial charge >= 0.3 is 0 Å². The molecule has 1 aromatic heterocycles. The number of H-pyrrole nitrogens is 1. The van der Waals surface area contributed by atoms with Crippen LogP contribution in [0.1, 0.15) is 30.1 Å². The zero-order chi connectivity index (χ0) is 8.55. The number of aromatic nitrogens is 1. The molecule has 3 nitrogen and oxygen atoms in total. The summed E-state index contributed by atoms with van der Waals surface area (Å²) >= 11 is 0. The molecule has 0 spiro atoms. The lowest BCUT2D eigenvalue weighted by atomic mass is 9.92. The van der Waals surface area contributed by atoms with Gasteiger partial charge in [-0.2, -0.15) is 0 Å². The highest BCUT2D eigenvalue weighted by atomic mass is 35.5. The summed E-state index contributed by atoms with van der Waals surface area (Å²) in [4.78, 5) is 13.8. The Hall–Kier alpha value is -0.510. The Bertz CT molecular complexity index is 351. The van der Waals surface area contributed by atoms with Crippen LogP contribution in [0.5, 0.6) is 0 Å². The second-order valence-electron chi connectivity index (χ2n) is 3.26. The molecule has 14 heavy (non-hydrogen) atoms. The first-order valence-electron chi connectivity index (χ1n) is 4.25. The maximum Gasteiger partial charge on any atom is 0.248 e. The first-order valence-corrected chi connectivity index (χ1v) is 4.25. The van der Waals surface area contributed by atoms with Gasteiger partial charge in [0.2, 0.25) is 5.56 Å². The molecule has 0 saturated heterocycles. The minimum absolute atomic E-state index is 0. The highest BCUT2D eigenvalue weighted by Gasteiger charge is 2.16. The summed E-state index contributed by atoms with van der Waals surface area (Å²) in [6, 6.07) is 3.51. The van der Waals surface area contributed by atoms with E-state index in [9.17, 15) is 4.79 Å². The average molecular weight is 237 g/mol. The van der Waals surface area contributed by atoms with Crippen LogP contribution in [0.3, 0.4) is 0 Å². The molecule has 0 aromatic carbocycles. The van der Waals surface area contributed by atoms with E-state index in [-0.39, 0.29) is 36.4 Å². The Balaban J connectivity index is 0.000000845. The Morgan fingerprint density at radius 3 is 2.79 bits per heavy atom. The van der Waals surface area contributed by atoms with Crippen LogP contribution in [0.2, 0.25) is 0 Å². The van der Waals surface area contributed by atoms with Crippen LogP contribution in [0.15, 0.2) is 16.9 Å². The minimum atomic E-state index is -0.0251. The lowest BCUT2D eigenvalue weighted by Gasteiger charge is -2.20. The van der Waals surface area contributed by atoms with E-state index in [1.807, 2.05) is 6.07 Å². The number of nitrogens with one attached hydrogen (secondary N) is 1. The van der Waals surface area contributed by atoms with Crippen molar-refractivity contribution in [3.63, 3.8) is 0 Å². The zero-order valence-electron chi connectivity index (χ0n) is 7.66. The summed E-state index contributed by atoms with van der Waals surface area (Å²) in [7, 11) is 0. The second kappa shape index (κ2) is 5.39. The molecule has 1 unspecified atom stereocenters. The lowest BCUT2D eigenvalue weighted by molar-refractivity contribution is 0.559. The van der Waals surface area contributed by atoms with Gasteiger partial charge in [0, 0.05) is 17.8 Å². The number of fused-ring (bicyclic) bond motifs is 1. The number of halogens is 2. The molecule has 0 aliphatic heterocycles. The largest absolute Gasteiger partial charge is 0.326 e. The van der Waals surface area contributed by atoms with Crippen molar-refractivity contribution < 1.29 is 0 Å². The molecule has 5 heteroatoms. The third-order valence-corrected chi connectivity index (χ3v) is 2.38. The van der Waals surface area contributed by atoms with E-state index in [0.717, 1.165) is 30.5 Å². The molecule has 1 aliphatic carbocycles. The van der Waals surface area contributed by atoms with Gasteiger partial charge < -0.3 is 10.7 Å². The van der Waals surface area contributed by atoms with Gasteiger partial charge in [0.1, 0.15) is 0 Å². The standard InChI is InChI=1S/C9H12N2O.2ClH/c10-7-2-1-3-8-6(7)4-5-9(12)11-8;;/h4-5,7H,1-3,10H2,(H,11,12);2*1H. The third-order valence-electron chi connectivity index (χ3n) is 2.38. The number of pyridine rings is 1.